The second-order valence-electron chi connectivity index (χ2n) is 30.2. The molecule has 0 fully saturated rings. The van der Waals surface area contributed by atoms with E-state index in [1.165, 1.54) is 5.19 Å². The lowest BCUT2D eigenvalue weighted by Gasteiger charge is -2.43. The van der Waals surface area contributed by atoms with E-state index < -0.39 is 126 Å². The summed E-state index contributed by atoms with van der Waals surface area (Å²) in [5.41, 5.74) is 15.6. The standard InChI is InChI=1S/C22H34O3Si4.2C17H32O3Si4.C15H26O2Si3.14CH4/c1-9-26(3,4)23-28(7,8)25-29(24-27(5,6)10-2,21-17-13-11-14-18-21)22-19-15-12-16-20-22;1-10-21(3,4)18-23(7,8)20-24(9,19-22(5,6)11-2)17-15-13-12-14-16-17;1-10-22(6,7)19-24(9,17-15-13-12-14-16-17)20-23(8,11-2)18-21(3,4)5;1-8-18(3,4)16-20(7,17-19(5,6)9-2)15-13-11-10-12-14-15;;;;;;;;;;;;;;/h9-20H,1-2H2,3-8H3;2*10-16H,1-2H2,3-9H3;8-14H,1-2H2,3-7H3;14*1H4. The molecule has 11 nitrogen and oxygen atoms in total. The van der Waals surface area contributed by atoms with Crippen LogP contribution in [0.15, 0.2) is 250 Å². The molecule has 0 saturated carbocycles. The summed E-state index contributed by atoms with van der Waals surface area (Å²) in [6.07, 6.45) is 0. The van der Waals surface area contributed by atoms with Crippen LogP contribution in [-0.2, 0) is 45.3 Å². The minimum Gasteiger partial charge on any atom is -0.434 e. The summed E-state index contributed by atoms with van der Waals surface area (Å²) in [6.45, 7) is 85.2. The highest BCUT2D eigenvalue weighted by molar-refractivity contribution is 7.04. The van der Waals surface area contributed by atoms with Gasteiger partial charge in [0.05, 0.1) is 0 Å². The van der Waals surface area contributed by atoms with Crippen molar-refractivity contribution >= 4 is 152 Å². The molecule has 5 aromatic rings. The Morgan fingerprint density at radius 1 is 0.189 bits per heavy atom. The van der Waals surface area contributed by atoms with Crippen LogP contribution >= 0.6 is 0 Å². The molecule has 0 aliphatic rings. The maximum atomic E-state index is 7.08. The molecule has 0 N–H and O–H groups in total. The first-order chi connectivity index (χ1) is 44.3. The van der Waals surface area contributed by atoms with Crippen molar-refractivity contribution in [1.82, 2.24) is 0 Å². The van der Waals surface area contributed by atoms with Gasteiger partial charge < -0.3 is 45.3 Å². The first-order valence-electron chi connectivity index (χ1n) is 33.4. The number of hydrogen-bond acceptors (Lipinski definition) is 11. The van der Waals surface area contributed by atoms with Gasteiger partial charge in [0.1, 0.15) is 0 Å². The summed E-state index contributed by atoms with van der Waals surface area (Å²) in [6, 6.07) is 51.6. The molecular weight excluding hydrogens is 1620 g/mol. The molecule has 646 valence electrons. The highest BCUT2D eigenvalue weighted by Gasteiger charge is 2.53. The zero-order valence-electron chi connectivity index (χ0n) is 64.2. The van der Waals surface area contributed by atoms with E-state index in [2.05, 4.69) is 277 Å². The Bertz CT molecular complexity index is 3240. The van der Waals surface area contributed by atoms with Crippen molar-refractivity contribution in [3.8, 4) is 0 Å². The van der Waals surface area contributed by atoms with Crippen LogP contribution in [0.25, 0.3) is 0 Å². The minimum absolute atomic E-state index is 0. The van der Waals surface area contributed by atoms with Gasteiger partial charge in [-0.05, 0) is 190 Å². The SMILES string of the molecule is C.C.C.C.C.C.C.C.C.C.C.C.C.C.C=C[Si](C)(C)O[Si](C)(C)O[Si](C)(O[Si](C)(C)C=C)c1ccccc1.C=C[Si](C)(C)O[Si](C)(C)O[Si](O[Si](C)(C)C=C)(c1ccccc1)c1ccccc1.C=C[Si](C)(C)O[Si](C)(O[Si](C)(C)C=C)c1ccccc1.C=C[Si](C)(C)O[Si](C)(O[Si](C)(C=C)O[Si](C)(C)C)c1ccccc1. The van der Waals surface area contributed by atoms with Crippen molar-refractivity contribution in [3.63, 3.8) is 0 Å². The largest absolute Gasteiger partial charge is 0.434 e. The van der Waals surface area contributed by atoms with Gasteiger partial charge in [0.2, 0.25) is 8.32 Å². The third-order valence-corrected chi connectivity index (χ3v) is 68.9. The molecular formula is C85H180O11Si15. The Morgan fingerprint density at radius 2 is 0.369 bits per heavy atom. The van der Waals surface area contributed by atoms with Gasteiger partial charge in [-0.15, -0.1) is 52.6 Å². The molecule has 0 amide bonds. The molecule has 0 bridgehead atoms. The molecule has 5 aromatic carbocycles. The van der Waals surface area contributed by atoms with E-state index in [9.17, 15) is 0 Å². The molecule has 3 atom stereocenters. The molecule has 0 aliphatic heterocycles. The first-order valence-corrected chi connectivity index (χ1v) is 74.5. The van der Waals surface area contributed by atoms with E-state index in [1.54, 1.807) is 0 Å². The third-order valence-electron chi connectivity index (χ3n) is 15.0. The van der Waals surface area contributed by atoms with Crippen LogP contribution in [0.4, 0.5) is 0 Å². The molecule has 0 spiro atoms. The van der Waals surface area contributed by atoms with Crippen LogP contribution in [0, 0.1) is 0 Å². The van der Waals surface area contributed by atoms with E-state index in [-0.39, 0.29) is 104 Å². The highest BCUT2D eigenvalue weighted by Crippen LogP contribution is 2.30. The number of hydrogen-bond donors (Lipinski definition) is 0. The van der Waals surface area contributed by atoms with E-state index in [4.69, 9.17) is 45.3 Å². The van der Waals surface area contributed by atoms with Gasteiger partial charge in [-0.3, -0.25) is 0 Å². The van der Waals surface area contributed by atoms with E-state index >= 15 is 0 Å². The van der Waals surface area contributed by atoms with Crippen LogP contribution < -0.4 is 25.9 Å². The third kappa shape index (κ3) is 47.7. The second-order valence-corrected chi connectivity index (χ2v) is 86.5. The quantitative estimate of drug-likeness (QED) is 0.0363. The predicted octanol–water partition coefficient (Wildman–Crippen LogP) is 26.8. The van der Waals surface area contributed by atoms with Crippen molar-refractivity contribution < 1.29 is 45.3 Å². The Balaban J connectivity index is -0.000000101. The Kier molecular flexibility index (Phi) is 69.4. The monoisotopic (exact) mass is 1800 g/mol. The maximum Gasteiger partial charge on any atom is 0.388 e. The van der Waals surface area contributed by atoms with Crippen molar-refractivity contribution in [3.05, 3.63) is 250 Å². The summed E-state index contributed by atoms with van der Waals surface area (Å²) in [5.74, 6) is 0. The molecule has 5 rings (SSSR count). The van der Waals surface area contributed by atoms with Gasteiger partial charge >= 0.3 is 59.9 Å². The molecule has 0 aromatic heterocycles. The summed E-state index contributed by atoms with van der Waals surface area (Å²) in [7, 11) is -34.0. The van der Waals surface area contributed by atoms with Crippen molar-refractivity contribution in [1.29, 1.82) is 0 Å². The van der Waals surface area contributed by atoms with Gasteiger partial charge in [0, 0.05) is 0 Å². The van der Waals surface area contributed by atoms with E-state index in [0.29, 0.717) is 0 Å². The van der Waals surface area contributed by atoms with E-state index in [0.717, 1.165) is 20.7 Å². The second kappa shape index (κ2) is 56.3. The Hall–Kier alpha value is -3.17. The van der Waals surface area contributed by atoms with Gasteiger partial charge in [-0.1, -0.05) is 301 Å². The summed E-state index contributed by atoms with van der Waals surface area (Å²) in [4.78, 5) is 0. The minimum atomic E-state index is -3.04. The lowest BCUT2D eigenvalue weighted by molar-refractivity contribution is 0.338. The van der Waals surface area contributed by atoms with Crippen molar-refractivity contribution in [2.45, 2.75) is 268 Å². The zero-order valence-corrected chi connectivity index (χ0v) is 79.2. The van der Waals surface area contributed by atoms with Gasteiger partial charge in [0.25, 0.3) is 0 Å². The molecule has 111 heavy (non-hydrogen) atoms. The summed E-state index contributed by atoms with van der Waals surface area (Å²) < 4.78 is 73.2. The molecule has 0 heterocycles. The van der Waals surface area contributed by atoms with Crippen molar-refractivity contribution in [2.75, 3.05) is 0 Å². The van der Waals surface area contributed by atoms with E-state index in [1.807, 2.05) is 137 Å². The van der Waals surface area contributed by atoms with Crippen LogP contribution in [0.2, 0.25) is 164 Å². The molecule has 3 unspecified atom stereocenters. The van der Waals surface area contributed by atoms with Gasteiger partial charge in [-0.2, -0.15) is 0 Å². The fraction of sp³-hybridized carbons (Fsp3) is 0.459. The highest BCUT2D eigenvalue weighted by atomic mass is 28.5. The topological polar surface area (TPSA) is 102 Å². The molecule has 0 aliphatic carbocycles. The van der Waals surface area contributed by atoms with Crippen molar-refractivity contribution in [2.24, 2.45) is 0 Å². The first kappa shape index (κ1) is 137. The van der Waals surface area contributed by atoms with Gasteiger partial charge in [-0.25, -0.2) is 0 Å². The molecule has 0 radical (unpaired) electrons. The Labute approximate surface area is 709 Å². The average Bonchev–Trinajstić information content (AvgIpc) is 0.762. The van der Waals surface area contributed by atoms with Crippen LogP contribution in [0.5, 0.6) is 0 Å². The zero-order chi connectivity index (χ0) is 74.5. The predicted molar refractivity (Wildman–Crippen MR) is 551 cm³/mol. The average molecular weight is 1800 g/mol. The summed E-state index contributed by atoms with van der Waals surface area (Å²) >= 11 is 0. The smallest absolute Gasteiger partial charge is 0.388 e. The number of rotatable bonds is 35. The van der Waals surface area contributed by atoms with Crippen LogP contribution in [0.3, 0.4) is 0 Å². The molecule has 0 saturated heterocycles. The van der Waals surface area contributed by atoms with Gasteiger partial charge in [0.15, 0.2) is 58.2 Å². The van der Waals surface area contributed by atoms with Crippen LogP contribution in [-0.4, -0.2) is 126 Å². The summed E-state index contributed by atoms with van der Waals surface area (Å²) in [5, 5.41) is 5.61. The fourth-order valence-electron chi connectivity index (χ4n) is 10.3. The lowest BCUT2D eigenvalue weighted by Crippen LogP contribution is -2.71. The van der Waals surface area contributed by atoms with Crippen LogP contribution in [0.1, 0.15) is 104 Å². The Morgan fingerprint density at radius 3 is 0.577 bits per heavy atom. The normalized spacial score (nSPS) is 13.0. The molecule has 26 heteroatoms. The number of benzene rings is 5. The maximum absolute atomic E-state index is 7.08. The lowest BCUT2D eigenvalue weighted by atomic mass is 10.4. The fourth-order valence-corrected chi connectivity index (χ4v) is 69.4.